The minimum Gasteiger partial charge on any atom is -0.368 e. The maximum Gasteiger partial charge on any atom is 0.243 e. The van der Waals surface area contributed by atoms with Crippen LogP contribution in [0.3, 0.4) is 0 Å². The Morgan fingerprint density at radius 1 is 1.17 bits per heavy atom. The maximum absolute atomic E-state index is 13.0. The largest absolute Gasteiger partial charge is 0.368 e. The molecule has 0 heterocycles. The van der Waals surface area contributed by atoms with Crippen molar-refractivity contribution >= 4 is 17.7 Å². The molecule has 1 aromatic carbocycles. The van der Waals surface area contributed by atoms with Crippen molar-refractivity contribution in [2.75, 3.05) is 0 Å². The van der Waals surface area contributed by atoms with Crippen molar-refractivity contribution in [3.8, 4) is 0 Å². The average molecular weight is 337 g/mol. The van der Waals surface area contributed by atoms with Gasteiger partial charge < -0.3 is 16.4 Å². The van der Waals surface area contributed by atoms with Crippen molar-refractivity contribution in [3.63, 3.8) is 0 Å². The number of amides is 3. The predicted octanol–water partition coefficient (Wildman–Crippen LogP) is 0.889. The molecule has 1 rings (SSSR count). The Bertz CT molecular complexity index is 589. The zero-order valence-electron chi connectivity index (χ0n) is 14.1. The molecule has 7 heteroatoms. The standard InChI is InChI=1S/C17H24FN3O3/c1-4-10(2)15(16(19)23)21-17(24)14(20-11(3)22)9-12-5-7-13(18)8-6-12/h5-8,10,14-15H,4,9H2,1-3H3,(H2,19,23)(H,20,22)(H,21,24)/t10-,14-,15+/m0/s1. The van der Waals surface area contributed by atoms with E-state index in [0.29, 0.717) is 12.0 Å². The highest BCUT2D eigenvalue weighted by Crippen LogP contribution is 2.10. The topological polar surface area (TPSA) is 101 Å². The average Bonchev–Trinajstić information content (AvgIpc) is 2.52. The van der Waals surface area contributed by atoms with Crippen LogP contribution in [0.2, 0.25) is 0 Å². The number of nitrogens with two attached hydrogens (primary N) is 1. The SMILES string of the molecule is CC[C@H](C)[C@@H](NC(=O)[C@H](Cc1ccc(F)cc1)NC(C)=O)C(N)=O. The summed E-state index contributed by atoms with van der Waals surface area (Å²) in [5.41, 5.74) is 6.03. The van der Waals surface area contributed by atoms with E-state index in [4.69, 9.17) is 5.73 Å². The Labute approximate surface area is 141 Å². The molecule has 0 saturated carbocycles. The van der Waals surface area contributed by atoms with Crippen LogP contribution >= 0.6 is 0 Å². The normalized spacial score (nSPS) is 14.3. The van der Waals surface area contributed by atoms with Gasteiger partial charge in [0.25, 0.3) is 0 Å². The molecule has 0 spiro atoms. The monoisotopic (exact) mass is 337 g/mol. The third kappa shape index (κ3) is 5.98. The lowest BCUT2D eigenvalue weighted by Gasteiger charge is -2.25. The summed E-state index contributed by atoms with van der Waals surface area (Å²) in [5, 5.41) is 5.15. The molecule has 6 nitrogen and oxygen atoms in total. The molecule has 0 fully saturated rings. The number of benzene rings is 1. The van der Waals surface area contributed by atoms with E-state index in [9.17, 15) is 18.8 Å². The van der Waals surface area contributed by atoms with Crippen molar-refractivity contribution < 1.29 is 18.8 Å². The minimum atomic E-state index is -0.876. The van der Waals surface area contributed by atoms with Gasteiger partial charge in [-0.25, -0.2) is 4.39 Å². The van der Waals surface area contributed by atoms with Gasteiger partial charge in [0.2, 0.25) is 17.7 Å². The van der Waals surface area contributed by atoms with Gasteiger partial charge in [0, 0.05) is 13.3 Å². The van der Waals surface area contributed by atoms with E-state index in [1.165, 1.54) is 31.2 Å². The van der Waals surface area contributed by atoms with Crippen LogP contribution in [0.25, 0.3) is 0 Å². The first-order valence-corrected chi connectivity index (χ1v) is 7.85. The second kappa shape index (κ2) is 9.00. The maximum atomic E-state index is 13.0. The second-order valence-electron chi connectivity index (χ2n) is 5.86. The van der Waals surface area contributed by atoms with E-state index in [1.54, 1.807) is 0 Å². The number of halogens is 1. The Morgan fingerprint density at radius 2 is 1.75 bits per heavy atom. The van der Waals surface area contributed by atoms with Crippen LogP contribution in [0.1, 0.15) is 32.8 Å². The first-order chi connectivity index (χ1) is 11.2. The van der Waals surface area contributed by atoms with E-state index in [1.807, 2.05) is 13.8 Å². The zero-order valence-corrected chi connectivity index (χ0v) is 14.1. The summed E-state index contributed by atoms with van der Waals surface area (Å²) < 4.78 is 13.0. The van der Waals surface area contributed by atoms with Gasteiger partial charge in [0.05, 0.1) is 0 Å². The number of rotatable bonds is 8. The summed E-state index contributed by atoms with van der Waals surface area (Å²) in [6, 6.07) is 3.95. The molecule has 0 bridgehead atoms. The second-order valence-corrected chi connectivity index (χ2v) is 5.86. The third-order valence-electron chi connectivity index (χ3n) is 3.86. The van der Waals surface area contributed by atoms with Crippen LogP contribution in [-0.4, -0.2) is 29.8 Å². The minimum absolute atomic E-state index is 0.129. The van der Waals surface area contributed by atoms with Gasteiger partial charge in [-0.3, -0.25) is 14.4 Å². The summed E-state index contributed by atoms with van der Waals surface area (Å²) in [4.78, 5) is 35.4. The van der Waals surface area contributed by atoms with Gasteiger partial charge in [-0.1, -0.05) is 32.4 Å². The Morgan fingerprint density at radius 3 is 2.21 bits per heavy atom. The molecule has 0 aromatic heterocycles. The van der Waals surface area contributed by atoms with E-state index in [0.717, 1.165) is 0 Å². The van der Waals surface area contributed by atoms with Crippen molar-refractivity contribution in [1.82, 2.24) is 10.6 Å². The molecule has 0 aliphatic rings. The molecule has 0 aliphatic carbocycles. The molecule has 0 radical (unpaired) electrons. The number of carbonyl (C=O) groups is 3. The molecule has 1 aromatic rings. The number of carbonyl (C=O) groups excluding carboxylic acids is 3. The molecular formula is C17H24FN3O3. The lowest BCUT2D eigenvalue weighted by Crippen LogP contribution is -2.55. The van der Waals surface area contributed by atoms with Crippen LogP contribution in [0, 0.1) is 11.7 Å². The van der Waals surface area contributed by atoms with E-state index in [-0.39, 0.29) is 24.1 Å². The Hall–Kier alpha value is -2.44. The lowest BCUT2D eigenvalue weighted by atomic mass is 9.97. The van der Waals surface area contributed by atoms with Gasteiger partial charge in [0.1, 0.15) is 17.9 Å². The van der Waals surface area contributed by atoms with Gasteiger partial charge in [-0.15, -0.1) is 0 Å². The molecule has 4 N–H and O–H groups in total. The van der Waals surface area contributed by atoms with Gasteiger partial charge >= 0.3 is 0 Å². The molecular weight excluding hydrogens is 313 g/mol. The zero-order chi connectivity index (χ0) is 18.3. The molecule has 0 unspecified atom stereocenters. The summed E-state index contributed by atoms with van der Waals surface area (Å²) in [7, 11) is 0. The van der Waals surface area contributed by atoms with Crippen LogP contribution in [0.15, 0.2) is 24.3 Å². The number of nitrogens with one attached hydrogen (secondary N) is 2. The van der Waals surface area contributed by atoms with Crippen LogP contribution < -0.4 is 16.4 Å². The van der Waals surface area contributed by atoms with Crippen LogP contribution in [-0.2, 0) is 20.8 Å². The van der Waals surface area contributed by atoms with E-state index in [2.05, 4.69) is 10.6 Å². The molecule has 3 atom stereocenters. The summed E-state index contributed by atoms with van der Waals surface area (Å²) in [6.45, 7) is 4.99. The molecule has 0 saturated heterocycles. The fraction of sp³-hybridized carbons (Fsp3) is 0.471. The van der Waals surface area contributed by atoms with Crippen LogP contribution in [0.5, 0.6) is 0 Å². The predicted molar refractivity (Wildman–Crippen MR) is 88.3 cm³/mol. The number of hydrogen-bond donors (Lipinski definition) is 3. The van der Waals surface area contributed by atoms with E-state index < -0.39 is 23.9 Å². The summed E-state index contributed by atoms with van der Waals surface area (Å²) in [6.07, 6.45) is 0.842. The highest BCUT2D eigenvalue weighted by molar-refractivity contribution is 5.91. The smallest absolute Gasteiger partial charge is 0.243 e. The highest BCUT2D eigenvalue weighted by Gasteiger charge is 2.28. The number of primary amides is 1. The van der Waals surface area contributed by atoms with E-state index >= 15 is 0 Å². The fourth-order valence-electron chi connectivity index (χ4n) is 2.29. The molecule has 3 amide bonds. The first-order valence-electron chi connectivity index (χ1n) is 7.85. The van der Waals surface area contributed by atoms with Crippen molar-refractivity contribution in [1.29, 1.82) is 0 Å². The summed E-state index contributed by atoms with van der Waals surface area (Å²) in [5.74, 6) is -2.02. The quantitative estimate of drug-likeness (QED) is 0.656. The van der Waals surface area contributed by atoms with Gasteiger partial charge in [-0.2, -0.15) is 0 Å². The van der Waals surface area contributed by atoms with Crippen LogP contribution in [0.4, 0.5) is 4.39 Å². The third-order valence-corrected chi connectivity index (χ3v) is 3.86. The highest BCUT2D eigenvalue weighted by atomic mass is 19.1. The molecule has 132 valence electrons. The Kier molecular flexibility index (Phi) is 7.35. The lowest BCUT2D eigenvalue weighted by molar-refractivity contribution is -0.131. The fourth-order valence-corrected chi connectivity index (χ4v) is 2.29. The Balaban J connectivity index is 2.89. The van der Waals surface area contributed by atoms with Crippen molar-refractivity contribution in [2.45, 2.75) is 45.7 Å². The summed E-state index contributed by atoms with van der Waals surface area (Å²) >= 11 is 0. The first kappa shape index (κ1) is 19.6. The van der Waals surface area contributed by atoms with Crippen molar-refractivity contribution in [2.24, 2.45) is 11.7 Å². The molecule has 24 heavy (non-hydrogen) atoms. The van der Waals surface area contributed by atoms with Gasteiger partial charge in [-0.05, 0) is 23.6 Å². The van der Waals surface area contributed by atoms with Gasteiger partial charge in [0.15, 0.2) is 0 Å². The number of hydrogen-bond acceptors (Lipinski definition) is 3. The van der Waals surface area contributed by atoms with Crippen molar-refractivity contribution in [3.05, 3.63) is 35.6 Å². The molecule has 0 aliphatic heterocycles.